The van der Waals surface area contributed by atoms with Gasteiger partial charge in [0.15, 0.2) is 0 Å². The second-order valence-electron chi connectivity index (χ2n) is 1.90. The van der Waals surface area contributed by atoms with Gasteiger partial charge in [-0.05, 0) is 30.0 Å². The molecule has 0 aliphatic carbocycles. The molecule has 0 amide bonds. The number of hydrogen-bond donors (Lipinski definition) is 0. The van der Waals surface area contributed by atoms with E-state index in [0.29, 0.717) is 19.8 Å². The molecule has 0 rings (SSSR count). The first-order valence-electron chi connectivity index (χ1n) is 3.89. The maximum absolute atomic E-state index is 5.23. The van der Waals surface area contributed by atoms with Crippen molar-refractivity contribution in [3.8, 4) is 0 Å². The molecule has 0 saturated heterocycles. The van der Waals surface area contributed by atoms with Gasteiger partial charge in [-0.15, -0.1) is 0 Å². The molecule has 0 fully saturated rings. The van der Waals surface area contributed by atoms with Gasteiger partial charge in [-0.1, -0.05) is 0 Å². The van der Waals surface area contributed by atoms with Crippen molar-refractivity contribution >= 4 is 9.24 Å². The van der Waals surface area contributed by atoms with Crippen LogP contribution in [0.25, 0.3) is 0 Å². The molecule has 0 aromatic rings. The normalized spacial score (nSPS) is 12.0. The predicted molar refractivity (Wildman–Crippen MR) is 47.3 cm³/mol. The third-order valence-electron chi connectivity index (χ3n) is 1.04. The van der Waals surface area contributed by atoms with E-state index >= 15 is 0 Å². The molecular weight excluding hydrogens is 163 g/mol. The maximum Gasteiger partial charge on any atom is 0.295 e. The van der Waals surface area contributed by atoms with Crippen molar-refractivity contribution in [1.82, 2.24) is 0 Å². The lowest BCUT2D eigenvalue weighted by Crippen LogP contribution is -2.32. The lowest BCUT2D eigenvalue weighted by atomic mass is 10.8. The third kappa shape index (κ3) is 4.70. The quantitative estimate of drug-likeness (QED) is 0.459. The molecule has 0 aromatic carbocycles. The fraction of sp³-hybridized carbons (Fsp3) is 1.00. The van der Waals surface area contributed by atoms with Crippen molar-refractivity contribution in [3.63, 3.8) is 0 Å². The summed E-state index contributed by atoms with van der Waals surface area (Å²) >= 11 is 0. The summed E-state index contributed by atoms with van der Waals surface area (Å²) < 4.78 is 15.7. The number of rotatable bonds is 6. The van der Waals surface area contributed by atoms with Crippen LogP contribution in [-0.2, 0) is 14.2 Å². The van der Waals surface area contributed by atoms with Crippen molar-refractivity contribution in [2.75, 3.05) is 19.8 Å². The van der Waals surface area contributed by atoms with Crippen molar-refractivity contribution in [1.29, 1.82) is 0 Å². The van der Waals surface area contributed by atoms with Crippen LogP contribution >= 0.6 is 9.24 Å². The van der Waals surface area contributed by atoms with Gasteiger partial charge in [0.1, 0.15) is 0 Å². The molecule has 1 atom stereocenters. The summed E-state index contributed by atoms with van der Waals surface area (Å²) in [5.74, 6) is 0. The van der Waals surface area contributed by atoms with E-state index in [0.717, 1.165) is 0 Å². The lowest BCUT2D eigenvalue weighted by molar-refractivity contribution is -0.314. The van der Waals surface area contributed by atoms with Gasteiger partial charge >= 0.3 is 0 Å². The fourth-order valence-electron chi connectivity index (χ4n) is 0.729. The fourth-order valence-corrected chi connectivity index (χ4v) is 1.23. The van der Waals surface area contributed by atoms with Gasteiger partial charge < -0.3 is 14.2 Å². The Hall–Kier alpha value is 0.310. The minimum atomic E-state index is -0.932. The Balaban J connectivity index is 3.79. The summed E-state index contributed by atoms with van der Waals surface area (Å²) in [6, 6.07) is 0. The molecule has 0 spiro atoms. The van der Waals surface area contributed by atoms with Crippen LogP contribution in [0.3, 0.4) is 0 Å². The molecule has 1 unspecified atom stereocenters. The van der Waals surface area contributed by atoms with Crippen molar-refractivity contribution in [3.05, 3.63) is 0 Å². The van der Waals surface area contributed by atoms with Crippen LogP contribution in [0.4, 0.5) is 0 Å². The Bertz CT molecular complexity index is 80.7. The van der Waals surface area contributed by atoms with Crippen LogP contribution in [0.15, 0.2) is 0 Å². The highest BCUT2D eigenvalue weighted by molar-refractivity contribution is 7.17. The van der Waals surface area contributed by atoms with Crippen LogP contribution in [0, 0.1) is 0 Å². The molecule has 0 aromatic heterocycles. The zero-order chi connectivity index (χ0) is 8.74. The standard InChI is InChI=1S/C7H17O3P/c1-4-8-7(11,9-5-2)10-6-3/h4-6,11H2,1-3H3. The van der Waals surface area contributed by atoms with Crippen LogP contribution in [-0.4, -0.2) is 25.5 Å². The molecule has 0 radical (unpaired) electrons. The van der Waals surface area contributed by atoms with Gasteiger partial charge in [0.2, 0.25) is 0 Å². The van der Waals surface area contributed by atoms with E-state index in [1.54, 1.807) is 0 Å². The van der Waals surface area contributed by atoms with Gasteiger partial charge in [-0.2, -0.15) is 0 Å². The number of ether oxygens (including phenoxy) is 3. The average Bonchev–Trinajstić information content (AvgIpc) is 1.88. The molecule has 0 saturated carbocycles. The second kappa shape index (κ2) is 5.90. The predicted octanol–water partition coefficient (Wildman–Crippen LogP) is 1.58. The molecule has 0 N–H and O–H groups in total. The Labute approximate surface area is 70.6 Å². The third-order valence-corrected chi connectivity index (χ3v) is 1.54. The highest BCUT2D eigenvalue weighted by Gasteiger charge is 2.24. The smallest absolute Gasteiger partial charge is 0.295 e. The van der Waals surface area contributed by atoms with E-state index in [2.05, 4.69) is 9.24 Å². The largest absolute Gasteiger partial charge is 0.325 e. The Kier molecular flexibility index (Phi) is 6.06. The van der Waals surface area contributed by atoms with Gasteiger partial charge in [0, 0.05) is 19.8 Å². The van der Waals surface area contributed by atoms with Crippen LogP contribution < -0.4 is 0 Å². The zero-order valence-corrected chi connectivity index (χ0v) is 8.58. The van der Waals surface area contributed by atoms with E-state index in [1.165, 1.54) is 0 Å². The Morgan fingerprint density at radius 3 is 1.36 bits per heavy atom. The molecule has 3 nitrogen and oxygen atoms in total. The summed E-state index contributed by atoms with van der Waals surface area (Å²) in [7, 11) is 2.41. The van der Waals surface area contributed by atoms with E-state index in [1.807, 2.05) is 20.8 Å². The number of hydrogen-bond acceptors (Lipinski definition) is 3. The minimum absolute atomic E-state index is 0.573. The van der Waals surface area contributed by atoms with Gasteiger partial charge in [-0.25, -0.2) is 0 Å². The van der Waals surface area contributed by atoms with Crippen LogP contribution in [0.2, 0.25) is 0 Å². The van der Waals surface area contributed by atoms with E-state index in [9.17, 15) is 0 Å². The lowest BCUT2D eigenvalue weighted by Gasteiger charge is -2.27. The van der Waals surface area contributed by atoms with E-state index in [-0.39, 0.29) is 0 Å². The molecule has 0 aliphatic heterocycles. The summed E-state index contributed by atoms with van der Waals surface area (Å²) in [5, 5.41) is 0. The zero-order valence-electron chi connectivity index (χ0n) is 7.42. The highest BCUT2D eigenvalue weighted by Crippen LogP contribution is 2.23. The molecular formula is C7H17O3P. The Morgan fingerprint density at radius 2 is 1.18 bits per heavy atom. The first-order chi connectivity index (χ1) is 5.18. The maximum atomic E-state index is 5.23. The van der Waals surface area contributed by atoms with Gasteiger partial charge in [0.25, 0.3) is 5.71 Å². The van der Waals surface area contributed by atoms with Crippen molar-refractivity contribution < 1.29 is 14.2 Å². The summed E-state index contributed by atoms with van der Waals surface area (Å²) in [4.78, 5) is 0. The minimum Gasteiger partial charge on any atom is -0.325 e. The SMILES string of the molecule is CCOC(P)(OCC)OCC. The second-order valence-corrected chi connectivity index (χ2v) is 2.61. The highest BCUT2D eigenvalue weighted by atomic mass is 31.0. The molecule has 0 aliphatic rings. The monoisotopic (exact) mass is 180 g/mol. The summed E-state index contributed by atoms with van der Waals surface area (Å²) in [6.07, 6.45) is 0. The summed E-state index contributed by atoms with van der Waals surface area (Å²) in [6.45, 7) is 7.42. The van der Waals surface area contributed by atoms with Crippen LogP contribution in [0.1, 0.15) is 20.8 Å². The first-order valence-corrected chi connectivity index (χ1v) is 4.47. The van der Waals surface area contributed by atoms with Crippen molar-refractivity contribution in [2.24, 2.45) is 0 Å². The van der Waals surface area contributed by atoms with Gasteiger partial charge in [-0.3, -0.25) is 0 Å². The molecule has 11 heavy (non-hydrogen) atoms. The summed E-state index contributed by atoms with van der Waals surface area (Å²) in [5.41, 5.74) is -0.932. The van der Waals surface area contributed by atoms with Gasteiger partial charge in [0.05, 0.1) is 0 Å². The Morgan fingerprint density at radius 1 is 0.909 bits per heavy atom. The van der Waals surface area contributed by atoms with Crippen LogP contribution in [0.5, 0.6) is 0 Å². The topological polar surface area (TPSA) is 27.7 Å². The average molecular weight is 180 g/mol. The first kappa shape index (κ1) is 11.3. The van der Waals surface area contributed by atoms with Crippen molar-refractivity contribution in [2.45, 2.75) is 26.5 Å². The molecule has 4 heteroatoms. The molecule has 68 valence electrons. The molecule has 0 heterocycles. The van der Waals surface area contributed by atoms with E-state index < -0.39 is 5.71 Å². The molecule has 0 bridgehead atoms. The van der Waals surface area contributed by atoms with E-state index in [4.69, 9.17) is 14.2 Å².